The number of nitrogens with zero attached hydrogens (tertiary/aromatic N) is 1. The van der Waals surface area contributed by atoms with Crippen LogP contribution < -0.4 is 25.0 Å². The lowest BCUT2D eigenvalue weighted by Gasteiger charge is -2.24. The zero-order valence-corrected chi connectivity index (χ0v) is 20.6. The number of ether oxygens (including phenoxy) is 2. The number of furan rings is 1. The number of carbonyl (C=O) groups excluding carboxylic acids is 2. The van der Waals surface area contributed by atoms with Gasteiger partial charge in [-0.05, 0) is 86.1 Å². The first-order valence-corrected chi connectivity index (χ1v) is 12.1. The summed E-state index contributed by atoms with van der Waals surface area (Å²) in [4.78, 5) is 27.0. The van der Waals surface area contributed by atoms with Crippen LogP contribution in [0.3, 0.4) is 0 Å². The normalized spacial score (nSPS) is 10.4. The Labute approximate surface area is 215 Å². The van der Waals surface area contributed by atoms with Crippen LogP contribution in [0.25, 0.3) is 0 Å². The van der Waals surface area contributed by atoms with E-state index < -0.39 is 0 Å². The molecule has 0 aliphatic rings. The average molecular weight is 500 g/mol. The number of amides is 3. The second-order valence-electron chi connectivity index (χ2n) is 8.03. The van der Waals surface area contributed by atoms with Crippen LogP contribution in [-0.2, 0) is 0 Å². The fourth-order valence-corrected chi connectivity index (χ4v) is 3.59. The highest BCUT2D eigenvalue weighted by Crippen LogP contribution is 2.25. The lowest BCUT2D eigenvalue weighted by Crippen LogP contribution is -2.37. The third kappa shape index (κ3) is 7.38. The smallest absolute Gasteiger partial charge is 0.326 e. The molecule has 0 aliphatic carbocycles. The van der Waals surface area contributed by atoms with Gasteiger partial charge in [0.25, 0.3) is 5.91 Å². The standard InChI is InChI=1S/C29H29N3O5/c1-2-35-24-15-11-22(12-16-24)31-29(34)32(20-7-19-30-28(33)27-10-6-21-36-27)23-13-17-26(18-14-23)37-25-8-4-3-5-9-25/h3-6,8-18,21H,2,7,19-20H2,1H3,(H,30,33)(H,31,34). The first-order chi connectivity index (χ1) is 18.1. The van der Waals surface area contributed by atoms with Gasteiger partial charge in [-0.1, -0.05) is 18.2 Å². The van der Waals surface area contributed by atoms with Gasteiger partial charge in [0, 0.05) is 24.5 Å². The van der Waals surface area contributed by atoms with Gasteiger partial charge < -0.3 is 24.5 Å². The summed E-state index contributed by atoms with van der Waals surface area (Å²) >= 11 is 0. The van der Waals surface area contributed by atoms with Crippen LogP contribution in [0.5, 0.6) is 17.2 Å². The summed E-state index contributed by atoms with van der Waals surface area (Å²) in [6.45, 7) is 3.24. The molecule has 0 aliphatic heterocycles. The highest BCUT2D eigenvalue weighted by atomic mass is 16.5. The minimum Gasteiger partial charge on any atom is -0.494 e. The molecule has 0 saturated heterocycles. The van der Waals surface area contributed by atoms with Gasteiger partial charge in [-0.3, -0.25) is 9.69 Å². The molecule has 0 unspecified atom stereocenters. The number of para-hydroxylation sites is 1. The summed E-state index contributed by atoms with van der Waals surface area (Å²) < 4.78 is 16.5. The van der Waals surface area contributed by atoms with Gasteiger partial charge in [0.1, 0.15) is 17.2 Å². The second kappa shape index (κ2) is 12.8. The quantitative estimate of drug-likeness (QED) is 0.235. The van der Waals surface area contributed by atoms with Gasteiger partial charge in [0.2, 0.25) is 0 Å². The van der Waals surface area contributed by atoms with Crippen molar-refractivity contribution in [1.29, 1.82) is 0 Å². The number of urea groups is 1. The van der Waals surface area contributed by atoms with Gasteiger partial charge in [-0.25, -0.2) is 4.79 Å². The minimum atomic E-state index is -0.294. The second-order valence-corrected chi connectivity index (χ2v) is 8.03. The molecule has 4 aromatic rings. The van der Waals surface area contributed by atoms with Crippen molar-refractivity contribution in [2.75, 3.05) is 29.9 Å². The number of benzene rings is 3. The zero-order valence-electron chi connectivity index (χ0n) is 20.6. The van der Waals surface area contributed by atoms with E-state index in [2.05, 4.69) is 10.6 Å². The molecule has 0 spiro atoms. The predicted molar refractivity (Wildman–Crippen MR) is 143 cm³/mol. The Morgan fingerprint density at radius 2 is 1.54 bits per heavy atom. The summed E-state index contributed by atoms with van der Waals surface area (Å²) in [6.07, 6.45) is 1.98. The number of rotatable bonds is 11. The SMILES string of the molecule is CCOc1ccc(NC(=O)N(CCCNC(=O)c2ccco2)c2ccc(Oc3ccccc3)cc2)cc1. The van der Waals surface area contributed by atoms with Crippen molar-refractivity contribution in [3.05, 3.63) is 103 Å². The number of hydrogen-bond donors (Lipinski definition) is 2. The lowest BCUT2D eigenvalue weighted by molar-refractivity contribution is 0.0926. The molecule has 37 heavy (non-hydrogen) atoms. The fraction of sp³-hybridized carbons (Fsp3) is 0.172. The molecule has 3 amide bonds. The van der Waals surface area contributed by atoms with Crippen molar-refractivity contribution < 1.29 is 23.5 Å². The molecule has 190 valence electrons. The Hall–Kier alpha value is -4.72. The van der Waals surface area contributed by atoms with E-state index in [0.29, 0.717) is 43.2 Å². The molecule has 0 bridgehead atoms. The Kier molecular flexibility index (Phi) is 8.80. The molecule has 1 aromatic heterocycles. The van der Waals surface area contributed by atoms with E-state index in [0.717, 1.165) is 11.5 Å². The number of anilines is 2. The van der Waals surface area contributed by atoms with Crippen LogP contribution in [0, 0.1) is 0 Å². The van der Waals surface area contributed by atoms with Crippen LogP contribution in [0.15, 0.2) is 102 Å². The highest BCUT2D eigenvalue weighted by Gasteiger charge is 2.17. The maximum Gasteiger partial charge on any atom is 0.326 e. The first-order valence-electron chi connectivity index (χ1n) is 12.1. The monoisotopic (exact) mass is 499 g/mol. The van der Waals surface area contributed by atoms with E-state index in [1.54, 1.807) is 29.2 Å². The highest BCUT2D eigenvalue weighted by molar-refractivity contribution is 6.01. The Balaban J connectivity index is 1.42. The molecule has 0 saturated carbocycles. The van der Waals surface area contributed by atoms with E-state index >= 15 is 0 Å². The molecule has 0 radical (unpaired) electrons. The van der Waals surface area contributed by atoms with Crippen molar-refractivity contribution >= 4 is 23.3 Å². The van der Waals surface area contributed by atoms with E-state index in [4.69, 9.17) is 13.9 Å². The Morgan fingerprint density at radius 3 is 2.22 bits per heavy atom. The predicted octanol–water partition coefficient (Wildman–Crippen LogP) is 6.33. The van der Waals surface area contributed by atoms with Crippen LogP contribution >= 0.6 is 0 Å². The van der Waals surface area contributed by atoms with Gasteiger partial charge in [0.15, 0.2) is 5.76 Å². The topological polar surface area (TPSA) is 93.0 Å². The molecular weight excluding hydrogens is 470 g/mol. The molecule has 8 nitrogen and oxygen atoms in total. The summed E-state index contributed by atoms with van der Waals surface area (Å²) in [5.74, 6) is 2.08. The van der Waals surface area contributed by atoms with Crippen molar-refractivity contribution in [2.45, 2.75) is 13.3 Å². The third-order valence-corrected chi connectivity index (χ3v) is 5.38. The molecule has 3 aromatic carbocycles. The lowest BCUT2D eigenvalue weighted by atomic mass is 10.2. The van der Waals surface area contributed by atoms with Gasteiger partial charge in [0.05, 0.1) is 12.9 Å². The van der Waals surface area contributed by atoms with Crippen LogP contribution in [0.2, 0.25) is 0 Å². The molecular formula is C29H29N3O5. The molecule has 1 heterocycles. The van der Waals surface area contributed by atoms with Crippen molar-refractivity contribution in [2.24, 2.45) is 0 Å². The maximum atomic E-state index is 13.3. The largest absolute Gasteiger partial charge is 0.494 e. The first kappa shape index (κ1) is 25.4. The molecule has 0 fully saturated rings. The van der Waals surface area contributed by atoms with E-state index in [1.165, 1.54) is 6.26 Å². The third-order valence-electron chi connectivity index (χ3n) is 5.38. The number of nitrogens with one attached hydrogen (secondary N) is 2. The van der Waals surface area contributed by atoms with E-state index in [9.17, 15) is 9.59 Å². The van der Waals surface area contributed by atoms with Gasteiger partial charge >= 0.3 is 6.03 Å². The maximum absolute atomic E-state index is 13.3. The van der Waals surface area contributed by atoms with E-state index in [1.807, 2.05) is 73.7 Å². The summed E-state index contributed by atoms with van der Waals surface area (Å²) in [6, 6.07) is 27.0. The Morgan fingerprint density at radius 1 is 0.838 bits per heavy atom. The summed E-state index contributed by atoms with van der Waals surface area (Å²) in [5.41, 5.74) is 1.34. The van der Waals surface area contributed by atoms with Crippen molar-refractivity contribution in [1.82, 2.24) is 5.32 Å². The Bertz CT molecular complexity index is 1260. The van der Waals surface area contributed by atoms with Crippen molar-refractivity contribution in [3.63, 3.8) is 0 Å². The average Bonchev–Trinajstić information content (AvgIpc) is 3.46. The molecule has 8 heteroatoms. The number of hydrogen-bond acceptors (Lipinski definition) is 5. The van der Waals surface area contributed by atoms with E-state index in [-0.39, 0.29) is 17.7 Å². The van der Waals surface area contributed by atoms with Crippen LogP contribution in [0.4, 0.5) is 16.2 Å². The van der Waals surface area contributed by atoms with Crippen LogP contribution in [-0.4, -0.2) is 31.6 Å². The van der Waals surface area contributed by atoms with Gasteiger partial charge in [-0.15, -0.1) is 0 Å². The van der Waals surface area contributed by atoms with Crippen molar-refractivity contribution in [3.8, 4) is 17.2 Å². The number of carbonyl (C=O) groups is 2. The molecule has 0 atom stereocenters. The van der Waals surface area contributed by atoms with Crippen LogP contribution in [0.1, 0.15) is 23.9 Å². The summed E-state index contributed by atoms with van der Waals surface area (Å²) in [5, 5.41) is 5.74. The summed E-state index contributed by atoms with van der Waals surface area (Å²) in [7, 11) is 0. The molecule has 2 N–H and O–H groups in total. The minimum absolute atomic E-state index is 0.249. The fourth-order valence-electron chi connectivity index (χ4n) is 3.59. The molecule has 4 rings (SSSR count). The van der Waals surface area contributed by atoms with Gasteiger partial charge in [-0.2, -0.15) is 0 Å². The zero-order chi connectivity index (χ0) is 25.9.